The second kappa shape index (κ2) is 11.4. The maximum atomic E-state index is 11.3. The number of hydrogen-bond acceptors (Lipinski definition) is 9. The summed E-state index contributed by atoms with van der Waals surface area (Å²) in [6, 6.07) is 17.2. The van der Waals surface area contributed by atoms with Crippen molar-refractivity contribution in [2.24, 2.45) is 5.92 Å². The van der Waals surface area contributed by atoms with Crippen molar-refractivity contribution in [1.29, 1.82) is 5.26 Å². The summed E-state index contributed by atoms with van der Waals surface area (Å²) in [6.45, 7) is 4.05. The van der Waals surface area contributed by atoms with Crippen LogP contribution in [-0.2, 0) is 11.3 Å². The van der Waals surface area contributed by atoms with E-state index in [0.717, 1.165) is 36.5 Å². The topological polar surface area (TPSA) is 160 Å². The summed E-state index contributed by atoms with van der Waals surface area (Å²) in [5.41, 5.74) is 10.8. The van der Waals surface area contributed by atoms with Gasteiger partial charge in [-0.1, -0.05) is 30.3 Å². The largest absolute Gasteiger partial charge is 0.481 e. The van der Waals surface area contributed by atoms with Crippen molar-refractivity contribution in [1.82, 2.24) is 34.8 Å². The van der Waals surface area contributed by atoms with E-state index in [-0.39, 0.29) is 17.9 Å². The quantitative estimate of drug-likeness (QED) is 0.349. The van der Waals surface area contributed by atoms with Crippen LogP contribution in [0.25, 0.3) is 22.6 Å². The molecule has 11 nitrogen and oxygen atoms in total. The molecule has 0 unspecified atom stereocenters. The molecule has 0 aliphatic carbocycles. The van der Waals surface area contributed by atoms with Crippen LogP contribution in [0.15, 0.2) is 54.7 Å². The van der Waals surface area contributed by atoms with Gasteiger partial charge < -0.3 is 10.8 Å². The van der Waals surface area contributed by atoms with Crippen molar-refractivity contribution in [3.05, 3.63) is 71.7 Å². The van der Waals surface area contributed by atoms with Crippen LogP contribution in [0.4, 0.5) is 5.95 Å². The van der Waals surface area contributed by atoms with E-state index in [9.17, 15) is 15.2 Å². The molecule has 1 aliphatic rings. The number of nitrogens with two attached hydrogens (primary N) is 1. The third-order valence-electron chi connectivity index (χ3n) is 7.03. The Kier molecular flexibility index (Phi) is 7.56. The normalized spacial score (nSPS) is 15.1. The Balaban J connectivity index is 1.32. The number of aromatic nitrogens is 6. The molecule has 3 N–H and O–H groups in total. The number of nitrogens with zero attached hydrogens (tertiary/aromatic N) is 8. The number of pyridine rings is 1. The van der Waals surface area contributed by atoms with Gasteiger partial charge in [-0.2, -0.15) is 5.26 Å². The molecule has 1 aliphatic heterocycles. The van der Waals surface area contributed by atoms with E-state index in [0.29, 0.717) is 42.0 Å². The fourth-order valence-electron chi connectivity index (χ4n) is 5.04. The Labute approximate surface area is 226 Å². The van der Waals surface area contributed by atoms with Crippen LogP contribution >= 0.6 is 0 Å². The van der Waals surface area contributed by atoms with Gasteiger partial charge in [0.2, 0.25) is 5.95 Å². The number of rotatable bonds is 8. The van der Waals surface area contributed by atoms with Crippen molar-refractivity contribution in [2.45, 2.75) is 38.8 Å². The van der Waals surface area contributed by atoms with Crippen LogP contribution in [0, 0.1) is 17.2 Å². The van der Waals surface area contributed by atoms with Crippen LogP contribution in [0.5, 0.6) is 0 Å². The summed E-state index contributed by atoms with van der Waals surface area (Å²) in [6.07, 6.45) is 3.99. The van der Waals surface area contributed by atoms with Gasteiger partial charge in [0.15, 0.2) is 0 Å². The highest BCUT2D eigenvalue weighted by Gasteiger charge is 2.29. The van der Waals surface area contributed by atoms with Gasteiger partial charge in [-0.25, -0.2) is 14.6 Å². The number of carbonyl (C=O) groups is 1. The van der Waals surface area contributed by atoms with Crippen molar-refractivity contribution in [3.63, 3.8) is 0 Å². The van der Waals surface area contributed by atoms with Crippen LogP contribution in [0.3, 0.4) is 0 Å². The molecule has 1 fully saturated rings. The molecule has 4 heterocycles. The van der Waals surface area contributed by atoms with Crippen LogP contribution in [0.2, 0.25) is 0 Å². The standard InChI is InChI=1S/C28H29N9O2/c1-2-26(36-11-9-19(10-12-36)27(38)39)22-8-4-7-21(31-22)16-37-17-25(34-35-37)24-14-23(32-28(30)33-24)20-6-3-5-18(13-20)15-29/h3-8,13-14,17,19,26H,2,9-12,16H2,1H3,(H,38,39)(H2,30,32,33)/t26-/m1/s1. The summed E-state index contributed by atoms with van der Waals surface area (Å²) in [4.78, 5) is 27.2. The lowest BCUT2D eigenvalue weighted by atomic mass is 9.94. The van der Waals surface area contributed by atoms with Crippen molar-refractivity contribution >= 4 is 11.9 Å². The summed E-state index contributed by atoms with van der Waals surface area (Å²) in [5, 5.41) is 27.1. The summed E-state index contributed by atoms with van der Waals surface area (Å²) in [7, 11) is 0. The van der Waals surface area contributed by atoms with E-state index in [1.165, 1.54) is 0 Å². The van der Waals surface area contributed by atoms with Crippen LogP contribution in [-0.4, -0.2) is 59.0 Å². The molecule has 5 rings (SSSR count). The van der Waals surface area contributed by atoms with E-state index < -0.39 is 5.97 Å². The minimum Gasteiger partial charge on any atom is -0.481 e. The van der Waals surface area contributed by atoms with Gasteiger partial charge in [-0.3, -0.25) is 14.7 Å². The van der Waals surface area contributed by atoms with Gasteiger partial charge in [0.1, 0.15) is 5.69 Å². The highest BCUT2D eigenvalue weighted by atomic mass is 16.4. The predicted octanol–water partition coefficient (Wildman–Crippen LogP) is 3.55. The lowest BCUT2D eigenvalue weighted by Gasteiger charge is -2.36. The Morgan fingerprint density at radius 3 is 2.62 bits per heavy atom. The molecule has 0 amide bonds. The molecule has 0 saturated carbocycles. The lowest BCUT2D eigenvalue weighted by molar-refractivity contribution is -0.143. The van der Waals surface area contributed by atoms with Gasteiger partial charge in [0, 0.05) is 5.56 Å². The fraction of sp³-hybridized carbons (Fsp3) is 0.321. The number of nitriles is 1. The number of hydrogen-bond donors (Lipinski definition) is 2. The molecule has 0 spiro atoms. The van der Waals surface area contributed by atoms with Crippen LogP contribution < -0.4 is 5.73 Å². The highest BCUT2D eigenvalue weighted by Crippen LogP contribution is 2.29. The first-order valence-electron chi connectivity index (χ1n) is 12.9. The highest BCUT2D eigenvalue weighted by molar-refractivity contribution is 5.70. The number of aliphatic carboxylic acids is 1. The van der Waals surface area contributed by atoms with Gasteiger partial charge >= 0.3 is 5.97 Å². The van der Waals surface area contributed by atoms with E-state index in [1.54, 1.807) is 35.1 Å². The number of nitrogen functional groups attached to an aromatic ring is 1. The van der Waals surface area contributed by atoms with Crippen molar-refractivity contribution in [2.75, 3.05) is 18.8 Å². The Morgan fingerprint density at radius 2 is 1.87 bits per heavy atom. The molecule has 11 heteroatoms. The number of carboxylic acids is 1. The Hall–Kier alpha value is -4.69. The molecule has 0 radical (unpaired) electrons. The van der Waals surface area contributed by atoms with Gasteiger partial charge in [0.05, 0.1) is 59.1 Å². The summed E-state index contributed by atoms with van der Waals surface area (Å²) < 4.78 is 1.70. The van der Waals surface area contributed by atoms with E-state index in [4.69, 9.17) is 10.7 Å². The average Bonchev–Trinajstić information content (AvgIpc) is 3.42. The second-order valence-corrected chi connectivity index (χ2v) is 9.62. The molecular weight excluding hydrogens is 494 g/mol. The van der Waals surface area contributed by atoms with Gasteiger partial charge in [-0.15, -0.1) is 5.10 Å². The number of piperidine rings is 1. The third-order valence-corrected chi connectivity index (χ3v) is 7.03. The molecule has 3 aromatic heterocycles. The first-order chi connectivity index (χ1) is 18.9. The third kappa shape index (κ3) is 5.91. The molecular formula is C28H29N9O2. The van der Waals surface area contributed by atoms with Crippen LogP contribution in [0.1, 0.15) is 49.2 Å². The molecule has 1 aromatic carbocycles. The molecule has 198 valence electrons. The SMILES string of the molecule is CC[C@H](c1cccc(Cn2cc(-c3cc(-c4cccc(C#N)c4)nc(N)n3)nn2)n1)N1CCC(C(=O)O)CC1. The maximum Gasteiger partial charge on any atom is 0.306 e. The zero-order chi connectivity index (χ0) is 27.4. The Morgan fingerprint density at radius 1 is 1.10 bits per heavy atom. The first kappa shape index (κ1) is 25.9. The van der Waals surface area contributed by atoms with E-state index in [1.807, 2.05) is 24.3 Å². The summed E-state index contributed by atoms with van der Waals surface area (Å²) in [5.74, 6) is -0.862. The smallest absolute Gasteiger partial charge is 0.306 e. The van der Waals surface area contributed by atoms with Crippen molar-refractivity contribution < 1.29 is 9.90 Å². The number of anilines is 1. The van der Waals surface area contributed by atoms with Gasteiger partial charge in [0.25, 0.3) is 0 Å². The average molecular weight is 524 g/mol. The first-order valence-corrected chi connectivity index (χ1v) is 12.9. The van der Waals surface area contributed by atoms with Crippen molar-refractivity contribution in [3.8, 4) is 28.7 Å². The molecule has 1 atom stereocenters. The molecule has 39 heavy (non-hydrogen) atoms. The molecule has 1 saturated heterocycles. The van der Waals surface area contributed by atoms with Gasteiger partial charge in [-0.05, 0) is 62.7 Å². The van der Waals surface area contributed by atoms with E-state index in [2.05, 4.69) is 38.2 Å². The lowest BCUT2D eigenvalue weighted by Crippen LogP contribution is -2.39. The number of likely N-dealkylation sites (tertiary alicyclic amines) is 1. The minimum atomic E-state index is -0.705. The molecule has 0 bridgehead atoms. The minimum absolute atomic E-state index is 0.103. The maximum absolute atomic E-state index is 11.3. The second-order valence-electron chi connectivity index (χ2n) is 9.62. The zero-order valence-corrected chi connectivity index (χ0v) is 21.6. The Bertz CT molecular complexity index is 1520. The predicted molar refractivity (Wildman–Crippen MR) is 144 cm³/mol. The fourth-order valence-corrected chi connectivity index (χ4v) is 5.04. The number of carboxylic acid groups (broad SMARTS) is 1. The zero-order valence-electron chi connectivity index (χ0n) is 21.6. The monoisotopic (exact) mass is 523 g/mol. The van der Waals surface area contributed by atoms with E-state index >= 15 is 0 Å². The number of benzene rings is 1. The molecule has 4 aromatic rings. The summed E-state index contributed by atoms with van der Waals surface area (Å²) >= 11 is 0.